The molecule has 0 aromatic heterocycles. The molecular weight excluding hydrogens is 426 g/mol. The van der Waals surface area contributed by atoms with Crippen molar-refractivity contribution in [3.63, 3.8) is 0 Å². The molecule has 6 heteroatoms. The fourth-order valence-corrected chi connectivity index (χ4v) is 5.08. The van der Waals surface area contributed by atoms with Crippen LogP contribution in [0, 0.1) is 0 Å². The Morgan fingerprint density at radius 1 is 0.853 bits per heavy atom. The maximum atomic E-state index is 12.9. The number of nitrogens with zero attached hydrogens (tertiary/aromatic N) is 3. The van der Waals surface area contributed by atoms with Crippen molar-refractivity contribution in [2.24, 2.45) is 0 Å². The second-order valence-electron chi connectivity index (χ2n) is 9.36. The summed E-state index contributed by atoms with van der Waals surface area (Å²) in [5, 5.41) is 2.30. The van der Waals surface area contributed by atoms with E-state index in [1.54, 1.807) is 7.11 Å². The van der Waals surface area contributed by atoms with Crippen LogP contribution in [-0.4, -0.2) is 69.3 Å². The Balaban J connectivity index is 1.25. The number of piperidine rings is 1. The molecule has 2 heterocycles. The predicted octanol–water partition coefficient (Wildman–Crippen LogP) is 4.98. The van der Waals surface area contributed by atoms with Crippen LogP contribution in [0.2, 0.25) is 0 Å². The summed E-state index contributed by atoms with van der Waals surface area (Å²) < 4.78 is 11.2. The van der Waals surface area contributed by atoms with Gasteiger partial charge >= 0.3 is 6.09 Å². The van der Waals surface area contributed by atoms with Crippen molar-refractivity contribution in [3.8, 4) is 11.5 Å². The van der Waals surface area contributed by atoms with Crippen LogP contribution in [0.5, 0.6) is 11.5 Å². The van der Waals surface area contributed by atoms with E-state index in [0.717, 1.165) is 55.5 Å². The molecule has 2 saturated heterocycles. The fraction of sp³-hybridized carbons (Fsp3) is 0.393. The maximum Gasteiger partial charge on any atom is 0.415 e. The average Bonchev–Trinajstić information content (AvgIpc) is 2.89. The molecule has 0 N–H and O–H groups in total. The first-order chi connectivity index (χ1) is 16.6. The molecule has 0 unspecified atom stereocenters. The Labute approximate surface area is 201 Å². The van der Waals surface area contributed by atoms with E-state index in [4.69, 9.17) is 9.47 Å². The maximum absolute atomic E-state index is 12.9. The van der Waals surface area contributed by atoms with Crippen molar-refractivity contribution in [2.45, 2.75) is 18.8 Å². The molecule has 178 valence electrons. The molecule has 0 bridgehead atoms. The summed E-state index contributed by atoms with van der Waals surface area (Å²) in [6.07, 6.45) is 1.58. The number of rotatable bonds is 4. The van der Waals surface area contributed by atoms with E-state index in [0.29, 0.717) is 24.8 Å². The summed E-state index contributed by atoms with van der Waals surface area (Å²) in [6.45, 7) is 5.50. The van der Waals surface area contributed by atoms with Gasteiger partial charge in [-0.05, 0) is 67.1 Å². The number of likely N-dealkylation sites (tertiary alicyclic amines) is 1. The summed E-state index contributed by atoms with van der Waals surface area (Å²) in [5.41, 5.74) is 2.49. The van der Waals surface area contributed by atoms with Crippen LogP contribution in [0.3, 0.4) is 0 Å². The number of fused-ring (bicyclic) bond motifs is 1. The van der Waals surface area contributed by atoms with Crippen molar-refractivity contribution < 1.29 is 14.3 Å². The van der Waals surface area contributed by atoms with Crippen molar-refractivity contribution in [1.82, 2.24) is 9.80 Å². The number of piperazine rings is 1. The number of carbonyl (C=O) groups excluding carboxylic acids is 1. The Hall–Kier alpha value is -3.25. The molecular formula is C28H33N3O3. The van der Waals surface area contributed by atoms with Crippen LogP contribution >= 0.6 is 0 Å². The van der Waals surface area contributed by atoms with Crippen LogP contribution in [0.15, 0.2) is 60.7 Å². The van der Waals surface area contributed by atoms with Gasteiger partial charge in [-0.3, -0.25) is 0 Å². The fourth-order valence-electron chi connectivity index (χ4n) is 5.08. The highest BCUT2D eigenvalue weighted by atomic mass is 16.6. The Bertz CT molecular complexity index is 1150. The third-order valence-corrected chi connectivity index (χ3v) is 7.20. The van der Waals surface area contributed by atoms with Gasteiger partial charge in [-0.1, -0.05) is 30.3 Å². The lowest BCUT2D eigenvalue weighted by Crippen LogP contribution is -2.44. The zero-order chi connectivity index (χ0) is 23.5. The number of hydrogen-bond donors (Lipinski definition) is 0. The topological polar surface area (TPSA) is 45.2 Å². The number of methoxy groups -OCH3 is 1. The molecule has 0 radical (unpaired) electrons. The molecule has 3 aromatic rings. The van der Waals surface area contributed by atoms with E-state index in [1.807, 2.05) is 35.2 Å². The summed E-state index contributed by atoms with van der Waals surface area (Å²) in [4.78, 5) is 19.5. The first-order valence-corrected chi connectivity index (χ1v) is 12.2. The molecule has 2 aliphatic heterocycles. The highest BCUT2D eigenvalue weighted by Gasteiger charge is 2.25. The van der Waals surface area contributed by atoms with Crippen molar-refractivity contribution in [1.29, 1.82) is 0 Å². The van der Waals surface area contributed by atoms with E-state index in [1.165, 1.54) is 11.3 Å². The lowest BCUT2D eigenvalue weighted by Gasteiger charge is -2.34. The predicted molar refractivity (Wildman–Crippen MR) is 136 cm³/mol. The summed E-state index contributed by atoms with van der Waals surface area (Å²) >= 11 is 0. The van der Waals surface area contributed by atoms with Gasteiger partial charge < -0.3 is 24.2 Å². The van der Waals surface area contributed by atoms with Crippen LogP contribution in [0.25, 0.3) is 10.8 Å². The Kier molecular flexibility index (Phi) is 6.59. The Morgan fingerprint density at radius 2 is 1.62 bits per heavy atom. The zero-order valence-electron chi connectivity index (χ0n) is 20.1. The molecule has 2 fully saturated rings. The van der Waals surface area contributed by atoms with E-state index in [9.17, 15) is 4.79 Å². The highest BCUT2D eigenvalue weighted by molar-refractivity contribution is 5.95. The number of amides is 1. The molecule has 0 aliphatic carbocycles. The van der Waals surface area contributed by atoms with Gasteiger partial charge in [-0.25, -0.2) is 4.79 Å². The molecule has 34 heavy (non-hydrogen) atoms. The van der Waals surface area contributed by atoms with Crippen LogP contribution in [-0.2, 0) is 0 Å². The third kappa shape index (κ3) is 4.82. The van der Waals surface area contributed by atoms with Gasteiger partial charge in [0.2, 0.25) is 0 Å². The second kappa shape index (κ2) is 9.94. The van der Waals surface area contributed by atoms with Crippen LogP contribution < -0.4 is 14.4 Å². The summed E-state index contributed by atoms with van der Waals surface area (Å²) in [6, 6.07) is 20.6. The summed E-state index contributed by atoms with van der Waals surface area (Å²) in [7, 11) is 3.86. The minimum absolute atomic E-state index is 0.263. The Morgan fingerprint density at radius 3 is 2.38 bits per heavy atom. The number of ether oxygens (including phenoxy) is 2. The molecule has 5 rings (SSSR count). The first kappa shape index (κ1) is 22.5. The van der Waals surface area contributed by atoms with E-state index in [2.05, 4.69) is 47.2 Å². The highest BCUT2D eigenvalue weighted by Crippen LogP contribution is 2.33. The molecule has 1 amide bonds. The van der Waals surface area contributed by atoms with Crippen molar-refractivity contribution >= 4 is 22.6 Å². The normalized spacial score (nSPS) is 17.7. The molecule has 3 aromatic carbocycles. The van der Waals surface area contributed by atoms with Crippen molar-refractivity contribution in [2.75, 3.05) is 58.3 Å². The van der Waals surface area contributed by atoms with Gasteiger partial charge in [0, 0.05) is 50.3 Å². The van der Waals surface area contributed by atoms with Gasteiger partial charge in [0.25, 0.3) is 0 Å². The quantitative estimate of drug-likeness (QED) is 0.551. The number of benzene rings is 3. The molecule has 0 saturated carbocycles. The number of carbonyl (C=O) groups is 1. The van der Waals surface area contributed by atoms with E-state index >= 15 is 0 Å². The monoisotopic (exact) mass is 459 g/mol. The zero-order valence-corrected chi connectivity index (χ0v) is 20.1. The largest absolute Gasteiger partial charge is 0.497 e. The van der Waals surface area contributed by atoms with E-state index in [-0.39, 0.29) is 6.09 Å². The average molecular weight is 460 g/mol. The van der Waals surface area contributed by atoms with Gasteiger partial charge in [0.05, 0.1) is 7.11 Å². The number of anilines is 1. The molecule has 0 spiro atoms. The lowest BCUT2D eigenvalue weighted by atomic mass is 9.89. The van der Waals surface area contributed by atoms with Crippen LogP contribution in [0.1, 0.15) is 24.3 Å². The van der Waals surface area contributed by atoms with Crippen LogP contribution in [0.4, 0.5) is 10.5 Å². The SMILES string of the molecule is COc1cccc(C2CCN(C(=O)Oc3ccc4cccc(N5CCN(C)CC5)c4c3)CC2)c1. The third-order valence-electron chi connectivity index (χ3n) is 7.20. The minimum atomic E-state index is -0.263. The standard InChI is InChI=1S/C28H33N3O3/c1-29-15-17-30(18-16-29)27-8-4-5-22-9-10-25(20-26(22)27)34-28(32)31-13-11-21(12-14-31)23-6-3-7-24(19-23)33-2/h3-10,19-21H,11-18H2,1-2H3. The summed E-state index contributed by atoms with van der Waals surface area (Å²) in [5.74, 6) is 1.92. The van der Waals surface area contributed by atoms with Gasteiger partial charge in [-0.2, -0.15) is 0 Å². The van der Waals surface area contributed by atoms with Gasteiger partial charge in [0.1, 0.15) is 11.5 Å². The lowest BCUT2D eigenvalue weighted by molar-refractivity contribution is 0.138. The van der Waals surface area contributed by atoms with E-state index < -0.39 is 0 Å². The minimum Gasteiger partial charge on any atom is -0.497 e. The second-order valence-corrected chi connectivity index (χ2v) is 9.36. The van der Waals surface area contributed by atoms with Gasteiger partial charge in [-0.15, -0.1) is 0 Å². The number of likely N-dealkylation sites (N-methyl/N-ethyl adjacent to an activating group) is 1. The van der Waals surface area contributed by atoms with Gasteiger partial charge in [0.15, 0.2) is 0 Å². The van der Waals surface area contributed by atoms with Crippen molar-refractivity contribution in [3.05, 3.63) is 66.2 Å². The number of hydrogen-bond acceptors (Lipinski definition) is 5. The molecule has 6 nitrogen and oxygen atoms in total. The first-order valence-electron chi connectivity index (χ1n) is 12.2. The molecule has 0 atom stereocenters. The molecule has 2 aliphatic rings. The smallest absolute Gasteiger partial charge is 0.415 e.